The van der Waals surface area contributed by atoms with Gasteiger partial charge in [-0.2, -0.15) is 0 Å². The Hall–Kier alpha value is -1.93. The summed E-state index contributed by atoms with van der Waals surface area (Å²) in [7, 11) is -3.63. The summed E-state index contributed by atoms with van der Waals surface area (Å²) < 4.78 is 31.4. The highest BCUT2D eigenvalue weighted by molar-refractivity contribution is 7.88. The van der Waals surface area contributed by atoms with Gasteiger partial charge in [-0.25, -0.2) is 17.5 Å². The van der Waals surface area contributed by atoms with Gasteiger partial charge in [0, 0.05) is 13.1 Å². The van der Waals surface area contributed by atoms with E-state index in [1.54, 1.807) is 19.1 Å². The molecule has 1 fully saturated rings. The van der Waals surface area contributed by atoms with Gasteiger partial charge in [-0.1, -0.05) is 19.1 Å². The van der Waals surface area contributed by atoms with Crippen LogP contribution in [0, 0.1) is 11.8 Å². The predicted molar refractivity (Wildman–Crippen MR) is 91.5 cm³/mol. The maximum atomic E-state index is 12.6. The number of sulfonamides is 1. The largest absolute Gasteiger partial charge is 0.481 e. The van der Waals surface area contributed by atoms with E-state index in [-0.39, 0.29) is 24.8 Å². The molecule has 0 aliphatic carbocycles. The first-order valence-electron chi connectivity index (χ1n) is 8.19. The smallest absolute Gasteiger partial charge is 0.338 e. The van der Waals surface area contributed by atoms with Crippen molar-refractivity contribution in [3.05, 3.63) is 35.4 Å². The number of aliphatic carboxylic acids is 1. The van der Waals surface area contributed by atoms with Crippen LogP contribution in [-0.4, -0.2) is 49.5 Å². The van der Waals surface area contributed by atoms with E-state index in [9.17, 15) is 23.1 Å². The molecule has 0 saturated carbocycles. The molecular formula is C17H23NO6S. The second-order valence-corrected chi connectivity index (χ2v) is 8.34. The molecule has 1 aliphatic rings. The van der Waals surface area contributed by atoms with Crippen LogP contribution in [0.3, 0.4) is 0 Å². The monoisotopic (exact) mass is 369 g/mol. The van der Waals surface area contributed by atoms with Gasteiger partial charge in [-0.3, -0.25) is 4.79 Å². The van der Waals surface area contributed by atoms with Gasteiger partial charge in [0.15, 0.2) is 0 Å². The van der Waals surface area contributed by atoms with E-state index in [1.165, 1.54) is 16.4 Å². The Kier molecular flexibility index (Phi) is 6.18. The first-order chi connectivity index (χ1) is 11.7. The quantitative estimate of drug-likeness (QED) is 0.767. The van der Waals surface area contributed by atoms with Gasteiger partial charge in [0.05, 0.1) is 23.8 Å². The topological polar surface area (TPSA) is 101 Å². The molecule has 138 valence electrons. The van der Waals surface area contributed by atoms with E-state index in [2.05, 4.69) is 0 Å². The fourth-order valence-corrected chi connectivity index (χ4v) is 4.65. The van der Waals surface area contributed by atoms with Gasteiger partial charge < -0.3 is 9.84 Å². The normalized spacial score (nSPS) is 21.7. The van der Waals surface area contributed by atoms with Crippen LogP contribution < -0.4 is 0 Å². The second kappa shape index (κ2) is 7.97. The zero-order valence-electron chi connectivity index (χ0n) is 14.3. The van der Waals surface area contributed by atoms with Crippen molar-refractivity contribution in [3.63, 3.8) is 0 Å². The molecule has 25 heavy (non-hydrogen) atoms. The number of carboxylic acids is 1. The molecular weight excluding hydrogens is 346 g/mol. The molecule has 1 aromatic carbocycles. The van der Waals surface area contributed by atoms with Crippen LogP contribution in [0.15, 0.2) is 24.3 Å². The highest BCUT2D eigenvalue weighted by atomic mass is 32.2. The predicted octanol–water partition coefficient (Wildman–Crippen LogP) is 1.74. The number of hydrogen-bond donors (Lipinski definition) is 1. The average Bonchev–Trinajstić information content (AvgIpc) is 2.54. The minimum Gasteiger partial charge on any atom is -0.481 e. The van der Waals surface area contributed by atoms with Crippen LogP contribution in [0.4, 0.5) is 0 Å². The van der Waals surface area contributed by atoms with E-state index in [0.717, 1.165) is 0 Å². The highest BCUT2D eigenvalue weighted by Gasteiger charge is 2.35. The molecule has 0 amide bonds. The van der Waals surface area contributed by atoms with Crippen molar-refractivity contribution < 1.29 is 27.9 Å². The Morgan fingerprint density at radius 2 is 1.88 bits per heavy atom. The van der Waals surface area contributed by atoms with Crippen LogP contribution in [0.25, 0.3) is 0 Å². The number of hydrogen-bond acceptors (Lipinski definition) is 5. The summed E-state index contributed by atoms with van der Waals surface area (Å²) in [6, 6.07) is 6.21. The maximum absolute atomic E-state index is 12.6. The Morgan fingerprint density at radius 3 is 2.44 bits per heavy atom. The lowest BCUT2D eigenvalue weighted by Gasteiger charge is -2.33. The fraction of sp³-hybridized carbons (Fsp3) is 0.529. The average molecular weight is 369 g/mol. The van der Waals surface area contributed by atoms with E-state index in [0.29, 0.717) is 24.1 Å². The lowest BCUT2D eigenvalue weighted by Crippen LogP contribution is -2.45. The molecule has 0 radical (unpaired) electrons. The van der Waals surface area contributed by atoms with Gasteiger partial charge in [0.1, 0.15) is 0 Å². The number of carboxylic acid groups (broad SMARTS) is 1. The summed E-state index contributed by atoms with van der Waals surface area (Å²) in [6.07, 6.45) is 0.482. The lowest BCUT2D eigenvalue weighted by molar-refractivity contribution is -0.143. The third-order valence-corrected chi connectivity index (χ3v) is 5.97. The number of nitrogens with zero attached hydrogens (tertiary/aromatic N) is 1. The molecule has 1 heterocycles. The van der Waals surface area contributed by atoms with Crippen LogP contribution in [0.1, 0.15) is 36.2 Å². The zero-order chi connectivity index (χ0) is 18.6. The van der Waals surface area contributed by atoms with Crippen molar-refractivity contribution in [2.24, 2.45) is 11.8 Å². The third-order valence-electron chi connectivity index (χ3n) is 4.18. The number of piperidine rings is 1. The molecule has 2 rings (SSSR count). The van der Waals surface area contributed by atoms with Gasteiger partial charge >= 0.3 is 11.9 Å². The van der Waals surface area contributed by atoms with Crippen LogP contribution in [0.2, 0.25) is 0 Å². The summed E-state index contributed by atoms with van der Waals surface area (Å²) in [5.74, 6) is -2.33. The third kappa shape index (κ3) is 5.02. The van der Waals surface area contributed by atoms with E-state index >= 15 is 0 Å². The second-order valence-electron chi connectivity index (χ2n) is 6.37. The standard InChI is InChI=1S/C17H23NO6S/c1-3-24-17(21)14-6-4-13(5-7-14)11-25(22,23)18-9-12(2)8-15(10-18)16(19)20/h4-7,12,15H,3,8-11H2,1-2H3,(H,19,20). The molecule has 7 nitrogen and oxygen atoms in total. The minimum atomic E-state index is -3.63. The van der Waals surface area contributed by atoms with E-state index < -0.39 is 27.9 Å². The maximum Gasteiger partial charge on any atom is 0.338 e. The molecule has 0 aromatic heterocycles. The van der Waals surface area contributed by atoms with Gasteiger partial charge in [0.2, 0.25) is 10.0 Å². The van der Waals surface area contributed by atoms with Gasteiger partial charge in [-0.05, 0) is 37.0 Å². The van der Waals surface area contributed by atoms with E-state index in [4.69, 9.17) is 4.74 Å². The lowest BCUT2D eigenvalue weighted by atomic mass is 9.92. The summed E-state index contributed by atoms with van der Waals surface area (Å²) in [6.45, 7) is 4.16. The van der Waals surface area contributed by atoms with Crippen molar-refractivity contribution in [2.75, 3.05) is 19.7 Å². The van der Waals surface area contributed by atoms with Crippen molar-refractivity contribution in [3.8, 4) is 0 Å². The van der Waals surface area contributed by atoms with Crippen molar-refractivity contribution in [1.82, 2.24) is 4.31 Å². The van der Waals surface area contributed by atoms with Crippen LogP contribution in [-0.2, 0) is 25.3 Å². The summed E-state index contributed by atoms with van der Waals surface area (Å²) in [4.78, 5) is 22.8. The summed E-state index contributed by atoms with van der Waals surface area (Å²) in [5, 5.41) is 9.19. The summed E-state index contributed by atoms with van der Waals surface area (Å²) in [5.41, 5.74) is 0.902. The molecule has 2 atom stereocenters. The number of carbonyl (C=O) groups is 2. The Bertz CT molecular complexity index is 728. The van der Waals surface area contributed by atoms with Crippen molar-refractivity contribution >= 4 is 22.0 Å². The van der Waals surface area contributed by atoms with Crippen LogP contribution >= 0.6 is 0 Å². The van der Waals surface area contributed by atoms with Crippen molar-refractivity contribution in [1.29, 1.82) is 0 Å². The Morgan fingerprint density at radius 1 is 1.24 bits per heavy atom. The molecule has 8 heteroatoms. The number of carbonyl (C=O) groups excluding carboxylic acids is 1. The summed E-state index contributed by atoms with van der Waals surface area (Å²) >= 11 is 0. The fourth-order valence-electron chi connectivity index (χ4n) is 2.96. The number of esters is 1. The Balaban J connectivity index is 2.10. The molecule has 1 aliphatic heterocycles. The molecule has 2 unspecified atom stereocenters. The zero-order valence-corrected chi connectivity index (χ0v) is 15.2. The van der Waals surface area contributed by atoms with Crippen molar-refractivity contribution in [2.45, 2.75) is 26.0 Å². The number of rotatable bonds is 6. The molecule has 0 bridgehead atoms. The molecule has 1 aromatic rings. The van der Waals surface area contributed by atoms with Gasteiger partial charge in [0.25, 0.3) is 0 Å². The van der Waals surface area contributed by atoms with Crippen LogP contribution in [0.5, 0.6) is 0 Å². The first-order valence-corrected chi connectivity index (χ1v) is 9.80. The SMILES string of the molecule is CCOC(=O)c1ccc(CS(=O)(=O)N2CC(C)CC(C(=O)O)C2)cc1. The highest BCUT2D eigenvalue weighted by Crippen LogP contribution is 2.25. The first kappa shape index (κ1) is 19.4. The molecule has 0 spiro atoms. The van der Waals surface area contributed by atoms with Gasteiger partial charge in [-0.15, -0.1) is 0 Å². The number of benzene rings is 1. The molecule has 1 N–H and O–H groups in total. The minimum absolute atomic E-state index is 0.00289. The number of ether oxygens (including phenoxy) is 1. The Labute approximate surface area is 147 Å². The molecule has 1 saturated heterocycles. The van der Waals surface area contributed by atoms with E-state index in [1.807, 2.05) is 6.92 Å².